The molecular formula is C4H8N4O. The second kappa shape index (κ2) is 2.12. The molecule has 5 heteroatoms. The summed E-state index contributed by atoms with van der Waals surface area (Å²) in [6.45, 7) is 0.182. The maximum atomic E-state index is 10.4. The van der Waals surface area contributed by atoms with Gasteiger partial charge >= 0.3 is 0 Å². The summed E-state index contributed by atoms with van der Waals surface area (Å²) < 4.78 is 0. The normalized spacial score (nSPS) is 27.9. The molecule has 9 heavy (non-hydrogen) atoms. The van der Waals surface area contributed by atoms with Crippen molar-refractivity contribution in [2.75, 3.05) is 6.54 Å². The van der Waals surface area contributed by atoms with Crippen LogP contribution in [0.2, 0.25) is 0 Å². The summed E-state index contributed by atoms with van der Waals surface area (Å²) >= 11 is 0. The Balaban J connectivity index is 2.72. The topological polar surface area (TPSA) is 93.5 Å². The molecule has 1 atom stereocenters. The zero-order chi connectivity index (χ0) is 6.85. The highest BCUT2D eigenvalue weighted by molar-refractivity contribution is 5.99. The first-order valence-electron chi connectivity index (χ1n) is 2.56. The van der Waals surface area contributed by atoms with Gasteiger partial charge in [0.2, 0.25) is 0 Å². The van der Waals surface area contributed by atoms with Gasteiger partial charge in [0.1, 0.15) is 12.0 Å². The zero-order valence-corrected chi connectivity index (χ0v) is 4.79. The van der Waals surface area contributed by atoms with Crippen molar-refractivity contribution in [2.24, 2.45) is 16.5 Å². The van der Waals surface area contributed by atoms with Crippen LogP contribution in [0.15, 0.2) is 4.99 Å². The van der Waals surface area contributed by atoms with Gasteiger partial charge in [-0.25, -0.2) is 0 Å². The van der Waals surface area contributed by atoms with Crippen LogP contribution in [0.25, 0.3) is 0 Å². The highest BCUT2D eigenvalue weighted by atomic mass is 16.1. The van der Waals surface area contributed by atoms with Crippen LogP contribution in [0.5, 0.6) is 0 Å². The van der Waals surface area contributed by atoms with E-state index < -0.39 is 6.17 Å². The van der Waals surface area contributed by atoms with E-state index in [9.17, 15) is 4.79 Å². The first kappa shape index (κ1) is 6.18. The molecule has 5 nitrogen and oxygen atoms in total. The number of nitrogens with two attached hydrogens (primary N) is 2. The van der Waals surface area contributed by atoms with Crippen LogP contribution >= 0.6 is 0 Å². The Morgan fingerprint density at radius 2 is 2.44 bits per heavy atom. The predicted octanol–water partition coefficient (Wildman–Crippen LogP) is -2.24. The number of aliphatic imine (C=N–C) groups is 1. The largest absolute Gasteiger partial charge is 0.385 e. The molecule has 1 rings (SSSR count). The van der Waals surface area contributed by atoms with Gasteiger partial charge in [-0.3, -0.25) is 10.1 Å². The van der Waals surface area contributed by atoms with Crippen molar-refractivity contribution in [3.05, 3.63) is 0 Å². The Morgan fingerprint density at radius 1 is 1.78 bits per heavy atom. The van der Waals surface area contributed by atoms with Crippen LogP contribution in [-0.2, 0) is 4.79 Å². The number of hydrogen-bond acceptors (Lipinski definition) is 4. The van der Waals surface area contributed by atoms with Crippen LogP contribution in [-0.4, -0.2) is 24.5 Å². The van der Waals surface area contributed by atoms with E-state index in [4.69, 9.17) is 11.5 Å². The van der Waals surface area contributed by atoms with E-state index in [1.165, 1.54) is 0 Å². The van der Waals surface area contributed by atoms with Crippen molar-refractivity contribution in [1.82, 2.24) is 5.32 Å². The molecule has 50 valence electrons. The van der Waals surface area contributed by atoms with E-state index in [0.717, 1.165) is 0 Å². The van der Waals surface area contributed by atoms with Crippen LogP contribution in [0.3, 0.4) is 0 Å². The molecule has 0 aromatic carbocycles. The van der Waals surface area contributed by atoms with Gasteiger partial charge in [0, 0.05) is 0 Å². The number of hydrogen-bond donors (Lipinski definition) is 3. The molecule has 0 spiro atoms. The van der Waals surface area contributed by atoms with Crippen molar-refractivity contribution in [2.45, 2.75) is 6.17 Å². The quantitative estimate of drug-likeness (QED) is 0.344. The van der Waals surface area contributed by atoms with Gasteiger partial charge in [-0.05, 0) is 0 Å². The Hall–Kier alpha value is -0.940. The molecule has 1 amide bonds. The fraction of sp³-hybridized carbons (Fsp3) is 0.500. The summed E-state index contributed by atoms with van der Waals surface area (Å²) in [5.41, 5.74) is 10.5. The van der Waals surface area contributed by atoms with Crippen LogP contribution in [0, 0.1) is 0 Å². The molecule has 1 aliphatic heterocycles. The summed E-state index contributed by atoms with van der Waals surface area (Å²) in [7, 11) is 0. The molecule has 0 fully saturated rings. The molecule has 0 aliphatic carbocycles. The van der Waals surface area contributed by atoms with Gasteiger partial charge in [-0.15, -0.1) is 0 Å². The van der Waals surface area contributed by atoms with E-state index in [-0.39, 0.29) is 18.3 Å². The molecular weight excluding hydrogens is 120 g/mol. The maximum absolute atomic E-state index is 10.4. The van der Waals surface area contributed by atoms with E-state index in [1.54, 1.807) is 0 Å². The minimum atomic E-state index is -0.456. The van der Waals surface area contributed by atoms with Gasteiger partial charge in [0.25, 0.3) is 5.91 Å². The average molecular weight is 128 g/mol. The maximum Gasteiger partial charge on any atom is 0.261 e. The SMILES string of the molecule is NC1=NC(=O)CNC1N. The summed E-state index contributed by atoms with van der Waals surface area (Å²) in [6.07, 6.45) is -0.456. The van der Waals surface area contributed by atoms with Crippen molar-refractivity contribution in [1.29, 1.82) is 0 Å². The Bertz CT molecular complexity index is 164. The molecule has 0 aromatic rings. The molecule has 0 radical (unpaired) electrons. The number of rotatable bonds is 0. The van der Waals surface area contributed by atoms with Gasteiger partial charge in [0.15, 0.2) is 0 Å². The monoisotopic (exact) mass is 128 g/mol. The number of carbonyl (C=O) groups is 1. The van der Waals surface area contributed by atoms with Crippen molar-refractivity contribution in [3.63, 3.8) is 0 Å². The standard InChI is InChI=1S/C4H8N4O/c5-3-4(6)8-2(9)1-7-3/h3,7H,1,5H2,(H2,6,8,9). The Morgan fingerprint density at radius 3 is 2.89 bits per heavy atom. The fourth-order valence-corrected chi connectivity index (χ4v) is 0.555. The van der Waals surface area contributed by atoms with E-state index in [2.05, 4.69) is 10.3 Å². The highest BCUT2D eigenvalue weighted by Crippen LogP contribution is 1.84. The third-order valence-electron chi connectivity index (χ3n) is 1.05. The number of nitrogens with zero attached hydrogens (tertiary/aromatic N) is 1. The van der Waals surface area contributed by atoms with Gasteiger partial charge in [-0.2, -0.15) is 4.99 Å². The molecule has 5 N–H and O–H groups in total. The Kier molecular flexibility index (Phi) is 1.46. The van der Waals surface area contributed by atoms with Crippen LogP contribution in [0.1, 0.15) is 0 Å². The molecule has 0 aromatic heterocycles. The first-order chi connectivity index (χ1) is 4.20. The molecule has 1 heterocycles. The summed E-state index contributed by atoms with van der Waals surface area (Å²) in [6, 6.07) is 0. The van der Waals surface area contributed by atoms with E-state index in [1.807, 2.05) is 0 Å². The summed E-state index contributed by atoms with van der Waals surface area (Å²) in [4.78, 5) is 13.9. The molecule has 1 aliphatic rings. The predicted molar refractivity (Wildman–Crippen MR) is 32.6 cm³/mol. The number of nitrogens with one attached hydrogen (secondary N) is 1. The minimum absolute atomic E-state index is 0.159. The van der Waals surface area contributed by atoms with Crippen molar-refractivity contribution >= 4 is 11.7 Å². The lowest BCUT2D eigenvalue weighted by Gasteiger charge is -2.15. The Labute approximate surface area is 52.1 Å². The molecule has 0 saturated carbocycles. The van der Waals surface area contributed by atoms with Crippen LogP contribution < -0.4 is 16.8 Å². The van der Waals surface area contributed by atoms with Crippen LogP contribution in [0.4, 0.5) is 0 Å². The zero-order valence-electron chi connectivity index (χ0n) is 4.79. The third kappa shape index (κ3) is 1.24. The molecule has 0 saturated heterocycles. The van der Waals surface area contributed by atoms with Crippen molar-refractivity contribution < 1.29 is 4.79 Å². The second-order valence-electron chi connectivity index (χ2n) is 1.79. The smallest absolute Gasteiger partial charge is 0.261 e. The summed E-state index contributed by atoms with van der Waals surface area (Å²) in [5.74, 6) is -0.111. The van der Waals surface area contributed by atoms with Gasteiger partial charge < -0.3 is 11.5 Å². The summed E-state index contributed by atoms with van der Waals surface area (Å²) in [5, 5.41) is 2.65. The van der Waals surface area contributed by atoms with Gasteiger partial charge in [-0.1, -0.05) is 0 Å². The highest BCUT2D eigenvalue weighted by Gasteiger charge is 2.14. The van der Waals surface area contributed by atoms with E-state index >= 15 is 0 Å². The third-order valence-corrected chi connectivity index (χ3v) is 1.05. The molecule has 0 bridgehead atoms. The number of amidine groups is 1. The van der Waals surface area contributed by atoms with E-state index in [0.29, 0.717) is 0 Å². The lowest BCUT2D eigenvalue weighted by Crippen LogP contribution is -2.53. The minimum Gasteiger partial charge on any atom is -0.385 e. The van der Waals surface area contributed by atoms with Gasteiger partial charge in [0.05, 0.1) is 6.54 Å². The fourth-order valence-electron chi connectivity index (χ4n) is 0.555. The first-order valence-corrected chi connectivity index (χ1v) is 2.56. The average Bonchev–Trinajstić information content (AvgIpc) is 1.80. The number of amides is 1. The number of carbonyl (C=O) groups excluding carboxylic acids is 1. The lowest BCUT2D eigenvalue weighted by atomic mass is 10.4. The molecule has 1 unspecified atom stereocenters. The van der Waals surface area contributed by atoms with Crippen molar-refractivity contribution in [3.8, 4) is 0 Å². The lowest BCUT2D eigenvalue weighted by molar-refractivity contribution is -0.117. The second-order valence-corrected chi connectivity index (χ2v) is 1.79.